The molecule has 2 rings (SSSR count). The molecule has 0 bridgehead atoms. The van der Waals surface area contributed by atoms with Crippen molar-refractivity contribution in [1.29, 1.82) is 0 Å². The maximum absolute atomic E-state index is 12.5. The Morgan fingerprint density at radius 2 is 1.95 bits per heavy atom. The fourth-order valence-corrected chi connectivity index (χ4v) is 2.22. The second kappa shape index (κ2) is 5.64. The zero-order valence-electron chi connectivity index (χ0n) is 10.9. The average Bonchev–Trinajstić information content (AvgIpc) is 2.38. The number of nitrogens with zero attached hydrogens (tertiary/aromatic N) is 1. The van der Waals surface area contributed by atoms with Gasteiger partial charge < -0.3 is 4.84 Å². The van der Waals surface area contributed by atoms with Gasteiger partial charge in [-0.05, 0) is 24.1 Å². The minimum absolute atomic E-state index is 0.0991. The van der Waals surface area contributed by atoms with Gasteiger partial charge in [0.15, 0.2) is 0 Å². The molecule has 0 aliphatic carbocycles. The van der Waals surface area contributed by atoms with Crippen LogP contribution in [0.1, 0.15) is 37.3 Å². The van der Waals surface area contributed by atoms with Gasteiger partial charge in [-0.15, -0.1) is 0 Å². The first-order chi connectivity index (χ1) is 9.41. The number of carbonyl (C=O) groups excluding carboxylic acids is 1. The highest BCUT2D eigenvalue weighted by molar-refractivity contribution is 6.04. The van der Waals surface area contributed by atoms with Crippen molar-refractivity contribution in [3.05, 3.63) is 35.4 Å². The number of oxime groups is 1. The van der Waals surface area contributed by atoms with Crippen LogP contribution in [0, 0.1) is 5.92 Å². The number of rotatable bonds is 3. The van der Waals surface area contributed by atoms with Crippen LogP contribution in [0.4, 0.5) is 13.2 Å². The summed E-state index contributed by atoms with van der Waals surface area (Å²) in [5.74, 6) is -0.503. The average molecular weight is 285 g/mol. The lowest BCUT2D eigenvalue weighted by Crippen LogP contribution is -2.25. The lowest BCUT2D eigenvalue weighted by atomic mass is 9.89. The van der Waals surface area contributed by atoms with Crippen LogP contribution in [0.5, 0.6) is 0 Å². The number of halogens is 3. The second-order valence-corrected chi connectivity index (χ2v) is 4.70. The Bertz CT molecular complexity index is 520. The van der Waals surface area contributed by atoms with E-state index in [1.54, 1.807) is 0 Å². The first-order valence-corrected chi connectivity index (χ1v) is 6.37. The van der Waals surface area contributed by atoms with Gasteiger partial charge in [0.2, 0.25) is 0 Å². The van der Waals surface area contributed by atoms with Crippen LogP contribution in [0.25, 0.3) is 0 Å². The molecule has 108 valence electrons. The van der Waals surface area contributed by atoms with Gasteiger partial charge in [-0.1, -0.05) is 30.6 Å². The summed E-state index contributed by atoms with van der Waals surface area (Å²) in [6.07, 6.45) is -2.54. The van der Waals surface area contributed by atoms with Crippen LogP contribution in [0.2, 0.25) is 0 Å². The van der Waals surface area contributed by atoms with E-state index in [0.29, 0.717) is 11.3 Å². The molecule has 1 heterocycles. The predicted octanol–water partition coefficient (Wildman–Crippen LogP) is 3.77. The molecule has 0 spiro atoms. The van der Waals surface area contributed by atoms with Gasteiger partial charge in [0.1, 0.15) is 0 Å². The maximum atomic E-state index is 12.5. The molecule has 1 aromatic rings. The van der Waals surface area contributed by atoms with E-state index < -0.39 is 17.7 Å². The summed E-state index contributed by atoms with van der Waals surface area (Å²) < 4.78 is 37.5. The Kier molecular flexibility index (Phi) is 4.11. The third-order valence-electron chi connectivity index (χ3n) is 3.19. The number of hydrogen-bond acceptors (Lipinski definition) is 3. The summed E-state index contributed by atoms with van der Waals surface area (Å²) in [7, 11) is 0. The topological polar surface area (TPSA) is 38.7 Å². The van der Waals surface area contributed by atoms with Crippen LogP contribution in [-0.4, -0.2) is 11.7 Å². The molecule has 20 heavy (non-hydrogen) atoms. The summed E-state index contributed by atoms with van der Waals surface area (Å²) in [5, 5.41) is 3.76. The molecule has 0 unspecified atom stereocenters. The molecule has 0 fully saturated rings. The van der Waals surface area contributed by atoms with Gasteiger partial charge >= 0.3 is 12.1 Å². The van der Waals surface area contributed by atoms with E-state index in [2.05, 4.69) is 9.99 Å². The molecule has 0 N–H and O–H groups in total. The van der Waals surface area contributed by atoms with Crippen LogP contribution in [-0.2, 0) is 15.8 Å². The highest BCUT2D eigenvalue weighted by Gasteiger charge is 2.31. The number of alkyl halides is 3. The molecule has 1 aliphatic heterocycles. The number of carbonyl (C=O) groups is 1. The van der Waals surface area contributed by atoms with Crippen molar-refractivity contribution >= 4 is 11.7 Å². The quantitative estimate of drug-likeness (QED) is 0.793. The van der Waals surface area contributed by atoms with Crippen molar-refractivity contribution < 1.29 is 22.8 Å². The molecule has 1 aromatic carbocycles. The minimum atomic E-state index is -4.36. The zero-order valence-corrected chi connectivity index (χ0v) is 10.9. The molecular formula is C14H14F3NO2. The van der Waals surface area contributed by atoms with Crippen molar-refractivity contribution in [3.8, 4) is 0 Å². The monoisotopic (exact) mass is 285 g/mol. The lowest BCUT2D eigenvalue weighted by Gasteiger charge is -2.21. The van der Waals surface area contributed by atoms with E-state index >= 15 is 0 Å². The summed E-state index contributed by atoms with van der Waals surface area (Å²) in [6.45, 7) is 1.98. The zero-order chi connectivity index (χ0) is 14.8. The standard InChI is InChI=1S/C14H14F3NO2/c1-2-3-10-8-12(19)20-18-13(10)9-4-6-11(7-5-9)14(15,16)17/h4-7,10H,2-3,8H2,1H3/t10-/m1/s1. The molecule has 0 aromatic heterocycles. The van der Waals surface area contributed by atoms with Gasteiger partial charge in [-0.2, -0.15) is 13.2 Å². The SMILES string of the molecule is CCC[C@@H]1CC(=O)ON=C1c1ccc(C(F)(F)F)cc1. The van der Waals surface area contributed by atoms with Crippen molar-refractivity contribution in [2.24, 2.45) is 11.1 Å². The molecule has 6 heteroatoms. The van der Waals surface area contributed by atoms with Crippen LogP contribution < -0.4 is 0 Å². The fraction of sp³-hybridized carbons (Fsp3) is 0.429. The Balaban J connectivity index is 2.27. The van der Waals surface area contributed by atoms with E-state index in [1.165, 1.54) is 12.1 Å². The van der Waals surface area contributed by atoms with Gasteiger partial charge in [-0.3, -0.25) is 0 Å². The van der Waals surface area contributed by atoms with E-state index in [4.69, 9.17) is 0 Å². The highest BCUT2D eigenvalue weighted by Crippen LogP contribution is 2.30. The fourth-order valence-electron chi connectivity index (χ4n) is 2.22. The van der Waals surface area contributed by atoms with Crippen LogP contribution in [0.15, 0.2) is 29.4 Å². The van der Waals surface area contributed by atoms with E-state index in [9.17, 15) is 18.0 Å². The molecule has 1 atom stereocenters. The first kappa shape index (κ1) is 14.6. The Morgan fingerprint density at radius 1 is 1.30 bits per heavy atom. The third kappa shape index (κ3) is 3.18. The minimum Gasteiger partial charge on any atom is -0.318 e. The third-order valence-corrected chi connectivity index (χ3v) is 3.19. The Labute approximate surface area is 114 Å². The lowest BCUT2D eigenvalue weighted by molar-refractivity contribution is -0.145. The van der Waals surface area contributed by atoms with E-state index in [1.807, 2.05) is 6.92 Å². The van der Waals surface area contributed by atoms with Gasteiger partial charge in [0.25, 0.3) is 0 Å². The van der Waals surface area contributed by atoms with Crippen molar-refractivity contribution in [2.45, 2.75) is 32.4 Å². The predicted molar refractivity (Wildman–Crippen MR) is 67.1 cm³/mol. The summed E-state index contributed by atoms with van der Waals surface area (Å²) in [4.78, 5) is 15.9. The largest absolute Gasteiger partial charge is 0.416 e. The molecule has 0 radical (unpaired) electrons. The highest BCUT2D eigenvalue weighted by atomic mass is 19.4. The van der Waals surface area contributed by atoms with Crippen molar-refractivity contribution in [1.82, 2.24) is 0 Å². The second-order valence-electron chi connectivity index (χ2n) is 4.70. The maximum Gasteiger partial charge on any atom is 0.416 e. The van der Waals surface area contributed by atoms with Crippen LogP contribution in [0.3, 0.4) is 0 Å². The van der Waals surface area contributed by atoms with Gasteiger partial charge in [0, 0.05) is 5.92 Å². The smallest absolute Gasteiger partial charge is 0.318 e. The summed E-state index contributed by atoms with van der Waals surface area (Å²) in [6, 6.07) is 4.75. The Hall–Kier alpha value is -1.85. The molecule has 0 saturated heterocycles. The molecule has 0 saturated carbocycles. The van der Waals surface area contributed by atoms with Crippen molar-refractivity contribution in [3.63, 3.8) is 0 Å². The van der Waals surface area contributed by atoms with E-state index in [0.717, 1.165) is 25.0 Å². The van der Waals surface area contributed by atoms with Crippen LogP contribution >= 0.6 is 0 Å². The van der Waals surface area contributed by atoms with Crippen molar-refractivity contribution in [2.75, 3.05) is 0 Å². The summed E-state index contributed by atoms with van der Waals surface area (Å²) in [5.41, 5.74) is 0.394. The first-order valence-electron chi connectivity index (χ1n) is 6.37. The molecule has 3 nitrogen and oxygen atoms in total. The van der Waals surface area contributed by atoms with Gasteiger partial charge in [0.05, 0.1) is 17.7 Å². The van der Waals surface area contributed by atoms with Gasteiger partial charge in [-0.25, -0.2) is 4.79 Å². The number of hydrogen-bond donors (Lipinski definition) is 0. The van der Waals surface area contributed by atoms with E-state index in [-0.39, 0.29) is 12.3 Å². The molecule has 0 amide bonds. The molecule has 1 aliphatic rings. The Morgan fingerprint density at radius 3 is 2.50 bits per heavy atom. The molecular weight excluding hydrogens is 271 g/mol. The summed E-state index contributed by atoms with van der Waals surface area (Å²) >= 11 is 0. The number of benzene rings is 1. The normalized spacial score (nSPS) is 19.5.